The first-order valence-corrected chi connectivity index (χ1v) is 6.78. The van der Waals surface area contributed by atoms with Crippen molar-refractivity contribution in [1.82, 2.24) is 0 Å². The highest BCUT2D eigenvalue weighted by molar-refractivity contribution is 7.78. The number of hydrogen-bond acceptors (Lipinski definition) is 6. The number of rotatable bonds is 5. The Bertz CT molecular complexity index is 740. The largest absolute Gasteiger partial charge is 0.269 e. The third-order valence-electron chi connectivity index (χ3n) is 3.00. The van der Waals surface area contributed by atoms with E-state index >= 15 is 0 Å². The van der Waals surface area contributed by atoms with Crippen LogP contribution in [-0.2, 0) is 5.66 Å². The van der Waals surface area contributed by atoms with Gasteiger partial charge in [0.05, 0.1) is 15.8 Å². The Morgan fingerprint density at radius 3 is 2.32 bits per heavy atom. The Kier molecular flexibility index (Phi) is 4.83. The van der Waals surface area contributed by atoms with Gasteiger partial charge in [-0.05, 0) is 31.3 Å². The van der Waals surface area contributed by atoms with Gasteiger partial charge in [0, 0.05) is 17.7 Å². The fourth-order valence-electron chi connectivity index (χ4n) is 1.78. The van der Waals surface area contributed by atoms with Gasteiger partial charge in [0.2, 0.25) is 5.66 Å². The zero-order valence-electron chi connectivity index (χ0n) is 11.7. The van der Waals surface area contributed by atoms with Crippen molar-refractivity contribution in [3.05, 3.63) is 70.3 Å². The van der Waals surface area contributed by atoms with Crippen LogP contribution < -0.4 is 0 Å². The lowest BCUT2D eigenvalue weighted by Crippen LogP contribution is -2.14. The Morgan fingerprint density at radius 1 is 1.14 bits per heavy atom. The van der Waals surface area contributed by atoms with Gasteiger partial charge in [-0.1, -0.05) is 30.3 Å². The normalized spacial score (nSPS) is 13.3. The van der Waals surface area contributed by atoms with Crippen molar-refractivity contribution in [2.75, 3.05) is 0 Å². The summed E-state index contributed by atoms with van der Waals surface area (Å²) in [4.78, 5) is 14.2. The number of non-ortho nitro benzene ring substituents is 1. The maximum absolute atomic E-state index is 10.6. The number of benzene rings is 2. The predicted molar refractivity (Wildman–Crippen MR) is 86.4 cm³/mol. The molecule has 0 saturated heterocycles. The number of nitro benzene ring substituents is 1. The number of nitro groups is 1. The van der Waals surface area contributed by atoms with Crippen LogP contribution in [0.2, 0.25) is 0 Å². The quantitative estimate of drug-likeness (QED) is 0.265. The van der Waals surface area contributed by atoms with E-state index in [1.807, 2.05) is 30.3 Å². The predicted octanol–water partition coefficient (Wildman–Crippen LogP) is 4.65. The van der Waals surface area contributed by atoms with E-state index in [2.05, 4.69) is 32.6 Å². The molecule has 0 fully saturated rings. The van der Waals surface area contributed by atoms with Crippen LogP contribution in [0.5, 0.6) is 0 Å². The second-order valence-corrected chi connectivity index (χ2v) is 4.75. The van der Waals surface area contributed by atoms with Crippen LogP contribution >= 0.6 is 12.2 Å². The molecule has 0 amide bonds. The molecule has 0 N–H and O–H groups in total. The summed E-state index contributed by atoms with van der Waals surface area (Å²) in [7, 11) is 0. The summed E-state index contributed by atoms with van der Waals surface area (Å²) in [5.41, 5.74) is 0.331. The summed E-state index contributed by atoms with van der Waals surface area (Å²) < 4.78 is 0. The minimum absolute atomic E-state index is 0.00156. The van der Waals surface area contributed by atoms with E-state index < -0.39 is 10.6 Å². The molecule has 2 rings (SSSR count). The number of thiocarbonyl (C=S) groups is 1. The minimum Gasteiger partial charge on any atom is -0.258 e. The molecule has 0 radical (unpaired) electrons. The van der Waals surface area contributed by atoms with E-state index in [1.54, 1.807) is 6.92 Å². The monoisotopic (exact) mass is 312 g/mol. The summed E-state index contributed by atoms with van der Waals surface area (Å²) in [6.07, 6.45) is 0. The van der Waals surface area contributed by atoms with Gasteiger partial charge in [0.25, 0.3) is 5.69 Å². The molecule has 0 bridgehead atoms. The molecular weight excluding hydrogens is 300 g/mol. The van der Waals surface area contributed by atoms with Crippen LogP contribution in [0.1, 0.15) is 12.5 Å². The SMILES string of the molecule is CC(N=C=S)(N=Nc1ccc([N+](=O)[O-])cc1)c1ccccc1. The average Bonchev–Trinajstić information content (AvgIpc) is 2.54. The van der Waals surface area contributed by atoms with Crippen molar-refractivity contribution >= 4 is 28.8 Å². The fourth-order valence-corrected chi connectivity index (χ4v) is 1.96. The Balaban J connectivity index is 2.31. The topological polar surface area (TPSA) is 80.2 Å². The smallest absolute Gasteiger partial charge is 0.258 e. The molecule has 110 valence electrons. The zero-order chi connectivity index (χ0) is 16.0. The summed E-state index contributed by atoms with van der Waals surface area (Å²) in [5, 5.41) is 21.3. The first-order valence-electron chi connectivity index (χ1n) is 6.37. The lowest BCUT2D eigenvalue weighted by molar-refractivity contribution is -0.384. The molecule has 1 atom stereocenters. The maximum Gasteiger partial charge on any atom is 0.269 e. The van der Waals surface area contributed by atoms with Crippen molar-refractivity contribution in [2.24, 2.45) is 15.2 Å². The van der Waals surface area contributed by atoms with Gasteiger partial charge >= 0.3 is 0 Å². The first kappa shape index (κ1) is 15.6. The van der Waals surface area contributed by atoms with E-state index in [0.717, 1.165) is 5.56 Å². The molecule has 0 aliphatic carbocycles. The third kappa shape index (κ3) is 3.66. The molecular formula is C15H12N4O2S. The summed E-state index contributed by atoms with van der Waals surface area (Å²) in [5.74, 6) is 0. The highest BCUT2D eigenvalue weighted by atomic mass is 32.1. The lowest BCUT2D eigenvalue weighted by Gasteiger charge is -2.17. The molecule has 0 spiro atoms. The molecule has 0 aliphatic heterocycles. The van der Waals surface area contributed by atoms with Crippen molar-refractivity contribution in [3.8, 4) is 0 Å². The van der Waals surface area contributed by atoms with E-state index in [0.29, 0.717) is 5.69 Å². The van der Waals surface area contributed by atoms with Gasteiger partial charge in [-0.25, -0.2) is 0 Å². The van der Waals surface area contributed by atoms with Crippen LogP contribution in [0.4, 0.5) is 11.4 Å². The summed E-state index contributed by atoms with van der Waals surface area (Å²) in [6, 6.07) is 15.1. The number of isothiocyanates is 1. The van der Waals surface area contributed by atoms with Gasteiger partial charge in [0.1, 0.15) is 0 Å². The van der Waals surface area contributed by atoms with Crippen molar-refractivity contribution < 1.29 is 4.92 Å². The molecule has 0 saturated carbocycles. The van der Waals surface area contributed by atoms with Crippen molar-refractivity contribution in [2.45, 2.75) is 12.6 Å². The summed E-state index contributed by atoms with van der Waals surface area (Å²) >= 11 is 4.68. The maximum atomic E-state index is 10.6. The lowest BCUT2D eigenvalue weighted by atomic mass is 10.0. The molecule has 0 aromatic heterocycles. The number of azo groups is 1. The molecule has 7 heteroatoms. The van der Waals surface area contributed by atoms with E-state index in [1.165, 1.54) is 24.3 Å². The number of hydrogen-bond donors (Lipinski definition) is 0. The van der Waals surface area contributed by atoms with E-state index in [9.17, 15) is 10.1 Å². The third-order valence-corrected chi connectivity index (χ3v) is 3.10. The second kappa shape index (κ2) is 6.80. The molecule has 2 aromatic rings. The van der Waals surface area contributed by atoms with Crippen LogP contribution in [-0.4, -0.2) is 10.1 Å². The number of nitrogens with zero attached hydrogens (tertiary/aromatic N) is 4. The molecule has 2 aromatic carbocycles. The highest BCUT2D eigenvalue weighted by Gasteiger charge is 2.24. The molecule has 6 nitrogen and oxygen atoms in total. The Hall–Kier alpha value is -2.76. The van der Waals surface area contributed by atoms with Crippen molar-refractivity contribution in [3.63, 3.8) is 0 Å². The molecule has 0 aliphatic rings. The van der Waals surface area contributed by atoms with Gasteiger partial charge < -0.3 is 0 Å². The molecule has 0 heterocycles. The van der Waals surface area contributed by atoms with Crippen LogP contribution in [0.3, 0.4) is 0 Å². The first-order chi connectivity index (χ1) is 10.5. The van der Waals surface area contributed by atoms with Gasteiger partial charge in [-0.15, -0.1) is 0 Å². The average molecular weight is 312 g/mol. The van der Waals surface area contributed by atoms with E-state index in [-0.39, 0.29) is 5.69 Å². The molecule has 1 unspecified atom stereocenters. The van der Waals surface area contributed by atoms with Crippen LogP contribution in [0, 0.1) is 10.1 Å². The number of aliphatic imine (C=N–C) groups is 1. The van der Waals surface area contributed by atoms with Crippen LogP contribution in [0.15, 0.2) is 69.8 Å². The molecule has 22 heavy (non-hydrogen) atoms. The minimum atomic E-state index is -0.981. The highest BCUT2D eigenvalue weighted by Crippen LogP contribution is 2.29. The van der Waals surface area contributed by atoms with Gasteiger partial charge in [-0.2, -0.15) is 15.2 Å². The van der Waals surface area contributed by atoms with E-state index in [4.69, 9.17) is 0 Å². The van der Waals surface area contributed by atoms with Crippen LogP contribution in [0.25, 0.3) is 0 Å². The fraction of sp³-hybridized carbons (Fsp3) is 0.133. The van der Waals surface area contributed by atoms with Gasteiger partial charge in [0.15, 0.2) is 0 Å². The standard InChI is InChI=1S/C15H12N4O2S/c1-15(16-11-22,12-5-3-2-4-6-12)18-17-13-7-9-14(10-8-13)19(20)21/h2-10H,1H3. The second-order valence-electron chi connectivity index (χ2n) is 4.56. The van der Waals surface area contributed by atoms with Gasteiger partial charge in [-0.3, -0.25) is 10.1 Å². The Morgan fingerprint density at radius 2 is 1.77 bits per heavy atom. The Labute approximate surface area is 132 Å². The van der Waals surface area contributed by atoms with Crippen molar-refractivity contribution in [1.29, 1.82) is 0 Å². The summed E-state index contributed by atoms with van der Waals surface area (Å²) in [6.45, 7) is 1.76. The zero-order valence-corrected chi connectivity index (χ0v) is 12.5.